The number of hydrogen-bond acceptors (Lipinski definition) is 3. The van der Waals surface area contributed by atoms with Gasteiger partial charge in [-0.15, -0.1) is 0 Å². The summed E-state index contributed by atoms with van der Waals surface area (Å²) >= 11 is 0. The predicted octanol–water partition coefficient (Wildman–Crippen LogP) is 0.509. The van der Waals surface area contributed by atoms with Gasteiger partial charge in [0.25, 0.3) is 5.91 Å². The van der Waals surface area contributed by atoms with Gasteiger partial charge >= 0.3 is 0 Å². The number of amides is 1. The molecule has 1 amide bonds. The zero-order chi connectivity index (χ0) is 12.7. The summed E-state index contributed by atoms with van der Waals surface area (Å²) in [5.74, 6) is -1.69. The van der Waals surface area contributed by atoms with Crippen molar-refractivity contribution < 1.29 is 14.7 Å². The number of nitrogens with one attached hydrogen (secondary N) is 1. The lowest BCUT2D eigenvalue weighted by molar-refractivity contribution is -0.303. The summed E-state index contributed by atoms with van der Waals surface area (Å²) in [5.41, 5.74) is 1.65. The molecule has 0 radical (unpaired) electrons. The van der Waals surface area contributed by atoms with Crippen LogP contribution in [0.1, 0.15) is 35.7 Å². The van der Waals surface area contributed by atoms with E-state index in [1.807, 2.05) is 12.1 Å². The van der Waals surface area contributed by atoms with Crippen LogP contribution in [0, 0.1) is 0 Å². The van der Waals surface area contributed by atoms with Gasteiger partial charge in [-0.3, -0.25) is 4.79 Å². The Hall–Kier alpha value is -1.84. The molecule has 1 rings (SSSR count). The van der Waals surface area contributed by atoms with Crippen LogP contribution in [0.25, 0.3) is 0 Å². The van der Waals surface area contributed by atoms with Crippen LogP contribution in [0.5, 0.6) is 0 Å². The summed E-state index contributed by atoms with van der Waals surface area (Å²) in [7, 11) is 0. The molecule has 0 bridgehead atoms. The molecule has 1 aromatic carbocycles. The summed E-state index contributed by atoms with van der Waals surface area (Å²) in [6.45, 7) is 1.66. The highest BCUT2D eigenvalue weighted by molar-refractivity contribution is 5.95. The van der Waals surface area contributed by atoms with E-state index in [-0.39, 0.29) is 0 Å². The van der Waals surface area contributed by atoms with Crippen molar-refractivity contribution in [1.82, 2.24) is 5.32 Å². The Balaban J connectivity index is 2.54. The molecule has 0 fully saturated rings. The van der Waals surface area contributed by atoms with E-state index in [1.54, 1.807) is 12.1 Å². The Morgan fingerprint density at radius 3 is 2.41 bits per heavy atom. The largest absolute Gasteiger partial charge is 0.548 e. The average Bonchev–Trinajstić information content (AvgIpc) is 2.34. The normalized spacial score (nSPS) is 9.94. The number of carboxylic acids is 1. The van der Waals surface area contributed by atoms with Crippen LogP contribution >= 0.6 is 0 Å². The van der Waals surface area contributed by atoms with Crippen LogP contribution < -0.4 is 10.4 Å². The number of carboxylic acid groups (broad SMARTS) is 1. The maximum atomic E-state index is 11.5. The van der Waals surface area contributed by atoms with E-state index in [0.717, 1.165) is 19.3 Å². The van der Waals surface area contributed by atoms with Gasteiger partial charge in [0.05, 0.1) is 12.5 Å². The third kappa shape index (κ3) is 4.68. The topological polar surface area (TPSA) is 69.2 Å². The summed E-state index contributed by atoms with van der Waals surface area (Å²) < 4.78 is 0. The Bertz CT molecular complexity index is 384. The zero-order valence-electron chi connectivity index (χ0n) is 9.86. The molecular weight excluding hydrogens is 218 g/mol. The van der Waals surface area contributed by atoms with Crippen molar-refractivity contribution in [2.75, 3.05) is 6.54 Å². The van der Waals surface area contributed by atoms with Crippen LogP contribution in [0.4, 0.5) is 0 Å². The van der Waals surface area contributed by atoms with E-state index in [1.165, 1.54) is 5.56 Å². The summed E-state index contributed by atoms with van der Waals surface area (Å²) in [4.78, 5) is 21.7. The van der Waals surface area contributed by atoms with E-state index < -0.39 is 18.4 Å². The molecule has 0 aliphatic carbocycles. The lowest BCUT2D eigenvalue weighted by Gasteiger charge is -2.06. The highest BCUT2D eigenvalue weighted by Crippen LogP contribution is 2.07. The van der Waals surface area contributed by atoms with Crippen molar-refractivity contribution in [3.05, 3.63) is 35.4 Å². The fraction of sp³-hybridized carbons (Fsp3) is 0.385. The zero-order valence-corrected chi connectivity index (χ0v) is 9.86. The Kier molecular flexibility index (Phi) is 5.20. The SMILES string of the molecule is CCCCc1ccc(C(=O)NCC(=O)[O-])cc1. The first-order chi connectivity index (χ1) is 8.13. The number of rotatable bonds is 6. The van der Waals surface area contributed by atoms with Crippen molar-refractivity contribution in [1.29, 1.82) is 0 Å². The number of aliphatic carboxylic acids is 1. The highest BCUT2D eigenvalue weighted by atomic mass is 16.4. The first-order valence-electron chi connectivity index (χ1n) is 5.70. The van der Waals surface area contributed by atoms with E-state index in [0.29, 0.717) is 5.56 Å². The number of unbranched alkanes of at least 4 members (excludes halogenated alkanes) is 1. The Morgan fingerprint density at radius 2 is 1.88 bits per heavy atom. The van der Waals surface area contributed by atoms with Crippen molar-refractivity contribution in [3.63, 3.8) is 0 Å². The minimum atomic E-state index is -1.29. The molecule has 92 valence electrons. The van der Waals surface area contributed by atoms with E-state index in [2.05, 4.69) is 12.2 Å². The van der Waals surface area contributed by atoms with E-state index in [4.69, 9.17) is 0 Å². The van der Waals surface area contributed by atoms with Crippen LogP contribution in [0.15, 0.2) is 24.3 Å². The van der Waals surface area contributed by atoms with Gasteiger partial charge < -0.3 is 15.2 Å². The van der Waals surface area contributed by atoms with Crippen molar-refractivity contribution in [2.24, 2.45) is 0 Å². The smallest absolute Gasteiger partial charge is 0.251 e. The molecule has 0 aromatic heterocycles. The van der Waals surface area contributed by atoms with Gasteiger partial charge in [0.15, 0.2) is 0 Å². The molecular formula is C13H16NO3-. The molecule has 4 nitrogen and oxygen atoms in total. The quantitative estimate of drug-likeness (QED) is 0.779. The molecule has 0 atom stereocenters. The monoisotopic (exact) mass is 234 g/mol. The molecule has 0 heterocycles. The summed E-state index contributed by atoms with van der Waals surface area (Å²) in [6.07, 6.45) is 3.25. The van der Waals surface area contributed by atoms with Crippen LogP contribution in [-0.2, 0) is 11.2 Å². The third-order valence-electron chi connectivity index (χ3n) is 2.43. The van der Waals surface area contributed by atoms with Crippen molar-refractivity contribution >= 4 is 11.9 Å². The van der Waals surface area contributed by atoms with E-state index in [9.17, 15) is 14.7 Å². The van der Waals surface area contributed by atoms with Gasteiger partial charge in [0, 0.05) is 5.56 Å². The van der Waals surface area contributed by atoms with Crippen molar-refractivity contribution in [3.8, 4) is 0 Å². The third-order valence-corrected chi connectivity index (χ3v) is 2.43. The minimum absolute atomic E-state index is 0.392. The second kappa shape index (κ2) is 6.68. The van der Waals surface area contributed by atoms with Gasteiger partial charge in [0.1, 0.15) is 0 Å². The lowest BCUT2D eigenvalue weighted by Crippen LogP contribution is -2.37. The molecule has 1 aromatic rings. The first-order valence-corrected chi connectivity index (χ1v) is 5.70. The molecule has 0 saturated heterocycles. The minimum Gasteiger partial charge on any atom is -0.548 e. The Morgan fingerprint density at radius 1 is 1.24 bits per heavy atom. The van der Waals surface area contributed by atoms with Crippen molar-refractivity contribution in [2.45, 2.75) is 26.2 Å². The number of carbonyl (C=O) groups is 2. The maximum absolute atomic E-state index is 11.5. The van der Waals surface area contributed by atoms with Crippen LogP contribution in [0.2, 0.25) is 0 Å². The highest BCUT2D eigenvalue weighted by Gasteiger charge is 2.04. The molecule has 4 heteroatoms. The fourth-order valence-corrected chi connectivity index (χ4v) is 1.46. The predicted molar refractivity (Wildman–Crippen MR) is 62.4 cm³/mol. The maximum Gasteiger partial charge on any atom is 0.251 e. The van der Waals surface area contributed by atoms with Crippen LogP contribution in [0.3, 0.4) is 0 Å². The number of benzene rings is 1. The van der Waals surface area contributed by atoms with Gasteiger partial charge in [-0.25, -0.2) is 0 Å². The molecule has 0 unspecified atom stereocenters. The number of carbonyl (C=O) groups excluding carboxylic acids is 2. The van der Waals surface area contributed by atoms with Crippen LogP contribution in [-0.4, -0.2) is 18.4 Å². The van der Waals surface area contributed by atoms with Gasteiger partial charge in [0.2, 0.25) is 0 Å². The van der Waals surface area contributed by atoms with Gasteiger partial charge in [-0.05, 0) is 30.5 Å². The molecule has 0 saturated carbocycles. The fourth-order valence-electron chi connectivity index (χ4n) is 1.46. The second-order valence-corrected chi connectivity index (χ2v) is 3.86. The second-order valence-electron chi connectivity index (χ2n) is 3.86. The molecule has 0 aliphatic heterocycles. The summed E-state index contributed by atoms with van der Waals surface area (Å²) in [6, 6.07) is 7.19. The molecule has 17 heavy (non-hydrogen) atoms. The van der Waals surface area contributed by atoms with Gasteiger partial charge in [-0.1, -0.05) is 25.5 Å². The number of hydrogen-bond donors (Lipinski definition) is 1. The molecule has 0 aliphatic rings. The molecule has 0 spiro atoms. The van der Waals surface area contributed by atoms with Gasteiger partial charge in [-0.2, -0.15) is 0 Å². The van der Waals surface area contributed by atoms with E-state index >= 15 is 0 Å². The summed E-state index contributed by atoms with van der Waals surface area (Å²) in [5, 5.41) is 12.4. The number of aryl methyl sites for hydroxylation is 1. The Labute approximate surface area is 101 Å². The first kappa shape index (κ1) is 13.2. The standard InChI is InChI=1S/C13H17NO3/c1-2-3-4-10-5-7-11(8-6-10)13(17)14-9-12(15)16/h5-8H,2-4,9H2,1H3,(H,14,17)(H,15,16)/p-1. The lowest BCUT2D eigenvalue weighted by atomic mass is 10.1. The average molecular weight is 234 g/mol. The molecule has 1 N–H and O–H groups in total.